The molecule has 0 radical (unpaired) electrons. The van der Waals surface area contributed by atoms with Crippen molar-refractivity contribution in [3.8, 4) is 0 Å². The summed E-state index contributed by atoms with van der Waals surface area (Å²) in [5.41, 5.74) is 16.1. The fourth-order valence-corrected chi connectivity index (χ4v) is 8.44. The molecule has 2 nitrogen and oxygen atoms in total. The maximum Gasteiger partial charge on any atom is 0.130 e. The summed E-state index contributed by atoms with van der Waals surface area (Å²) in [6, 6.07) is 59.7. The predicted molar refractivity (Wildman–Crippen MR) is 223 cm³/mol. The molecule has 0 heterocycles. The van der Waals surface area contributed by atoms with Crippen LogP contribution in [-0.2, 0) is 55.7 Å². The Balaban J connectivity index is 0.000000184. The van der Waals surface area contributed by atoms with Gasteiger partial charge in [-0.2, -0.15) is 0 Å². The Kier molecular flexibility index (Phi) is 13.6. The first-order valence-electron chi connectivity index (χ1n) is 19.2. The van der Waals surface area contributed by atoms with E-state index in [9.17, 15) is 9.59 Å². The Morgan fingerprint density at radius 2 is 0.655 bits per heavy atom. The molecule has 0 saturated heterocycles. The molecule has 0 fully saturated rings. The summed E-state index contributed by atoms with van der Waals surface area (Å²) in [5.74, 6) is 0.887. The van der Waals surface area contributed by atoms with Crippen LogP contribution in [0.2, 0.25) is 0 Å². The zero-order valence-corrected chi connectivity index (χ0v) is 33.3. The molecule has 278 valence electrons. The monoisotopic (exact) mass is 810 g/mol. The summed E-state index contributed by atoms with van der Waals surface area (Å²) < 4.78 is 0. The molecule has 0 amide bonds. The van der Waals surface area contributed by atoms with E-state index < -0.39 is 0 Å². The fourth-order valence-electron chi connectivity index (χ4n) is 8.44. The van der Waals surface area contributed by atoms with Gasteiger partial charge in [0.15, 0.2) is 0 Å². The van der Waals surface area contributed by atoms with Gasteiger partial charge in [0.1, 0.15) is 11.6 Å². The number of fused-ring (bicyclic) bond motifs is 2. The summed E-state index contributed by atoms with van der Waals surface area (Å²) in [7, 11) is 0. The third-order valence-electron chi connectivity index (χ3n) is 10.8. The van der Waals surface area contributed by atoms with Gasteiger partial charge in [-0.05, 0) is 95.2 Å². The maximum absolute atomic E-state index is 12.0. The van der Waals surface area contributed by atoms with E-state index in [2.05, 4.69) is 170 Å². The van der Waals surface area contributed by atoms with Crippen molar-refractivity contribution < 1.29 is 30.0 Å². The Hall–Kier alpha value is -5.20. The summed E-state index contributed by atoms with van der Waals surface area (Å²) >= 11 is 0. The smallest absolute Gasteiger partial charge is 0.130 e. The molecule has 2 atom stereocenters. The average molecular weight is 811 g/mol. The van der Waals surface area contributed by atoms with Gasteiger partial charge in [0.05, 0.1) is 0 Å². The molecule has 55 heavy (non-hydrogen) atoms. The number of carbonyl (C=O) groups excluding carboxylic acids is 2. The van der Waals surface area contributed by atoms with E-state index in [4.69, 9.17) is 0 Å². The van der Waals surface area contributed by atoms with Crippen molar-refractivity contribution in [3.63, 3.8) is 0 Å². The SMILES string of the molecule is CC(=O)CC1C(Cc2ccccc2)=C(Cc2ccccc2)c2ccccc21.CC(=O)CC1C(Cc2ccccc2)=C(Cc2ccccc2)c2ccccc21.[Pd]. The van der Waals surface area contributed by atoms with Gasteiger partial charge in [-0.25, -0.2) is 0 Å². The zero-order valence-electron chi connectivity index (χ0n) is 31.7. The normalized spacial score (nSPS) is 15.4. The first-order chi connectivity index (χ1) is 26.4. The summed E-state index contributed by atoms with van der Waals surface area (Å²) in [6.45, 7) is 3.41. The molecule has 3 heteroatoms. The van der Waals surface area contributed by atoms with Crippen LogP contribution in [0.1, 0.15) is 83.0 Å². The number of hydrogen-bond acceptors (Lipinski definition) is 2. The van der Waals surface area contributed by atoms with Gasteiger partial charge in [-0.3, -0.25) is 9.59 Å². The van der Waals surface area contributed by atoms with Crippen LogP contribution in [0.25, 0.3) is 11.1 Å². The molecular formula is C52H48O2Pd. The standard InChI is InChI=1S/2C26H24O.Pd/c2*1-19(27)16-24-22-14-8-9-15-23(22)25(17-20-10-4-2-5-11-20)26(24)18-21-12-6-3-7-13-21;/h2*2-15,24H,16-18H2,1H3;. The molecule has 6 aromatic carbocycles. The van der Waals surface area contributed by atoms with Crippen molar-refractivity contribution in [1.29, 1.82) is 0 Å². The van der Waals surface area contributed by atoms with Gasteiger partial charge in [0.25, 0.3) is 0 Å². The molecule has 0 aromatic heterocycles. The Labute approximate surface area is 340 Å². The summed E-state index contributed by atoms with van der Waals surface area (Å²) in [5, 5.41) is 0. The van der Waals surface area contributed by atoms with E-state index in [1.165, 1.54) is 66.8 Å². The summed E-state index contributed by atoms with van der Waals surface area (Å²) in [6.07, 6.45) is 4.78. The van der Waals surface area contributed by atoms with Gasteiger partial charge in [-0.15, -0.1) is 0 Å². The van der Waals surface area contributed by atoms with Gasteiger partial charge in [0, 0.05) is 45.1 Å². The second-order valence-corrected chi connectivity index (χ2v) is 14.7. The largest absolute Gasteiger partial charge is 0.300 e. The molecule has 2 aliphatic carbocycles. The minimum Gasteiger partial charge on any atom is -0.300 e. The zero-order chi connectivity index (χ0) is 37.3. The number of ketones is 2. The topological polar surface area (TPSA) is 34.1 Å². The second-order valence-electron chi connectivity index (χ2n) is 14.7. The Morgan fingerprint density at radius 1 is 0.382 bits per heavy atom. The van der Waals surface area contributed by atoms with Gasteiger partial charge in [-0.1, -0.05) is 181 Å². The first kappa shape index (κ1) is 39.5. The molecular weight excluding hydrogens is 763 g/mol. The van der Waals surface area contributed by atoms with Crippen LogP contribution in [0, 0.1) is 0 Å². The third kappa shape index (κ3) is 9.73. The Morgan fingerprint density at radius 3 is 0.964 bits per heavy atom. The number of rotatable bonds is 12. The summed E-state index contributed by atoms with van der Waals surface area (Å²) in [4.78, 5) is 24.1. The van der Waals surface area contributed by atoms with E-state index >= 15 is 0 Å². The molecule has 0 spiro atoms. The van der Waals surface area contributed by atoms with Crippen LogP contribution < -0.4 is 0 Å². The van der Waals surface area contributed by atoms with E-state index in [1.807, 2.05) is 0 Å². The van der Waals surface area contributed by atoms with Crippen molar-refractivity contribution >= 4 is 22.7 Å². The molecule has 2 unspecified atom stereocenters. The molecule has 0 N–H and O–H groups in total. The van der Waals surface area contributed by atoms with Crippen LogP contribution in [0.4, 0.5) is 0 Å². The van der Waals surface area contributed by atoms with Crippen LogP contribution in [0.5, 0.6) is 0 Å². The third-order valence-corrected chi connectivity index (χ3v) is 10.8. The average Bonchev–Trinajstić information content (AvgIpc) is 3.63. The van der Waals surface area contributed by atoms with E-state index in [0.717, 1.165) is 25.7 Å². The molecule has 8 rings (SSSR count). The van der Waals surface area contributed by atoms with Crippen molar-refractivity contribution in [2.75, 3.05) is 0 Å². The first-order valence-corrected chi connectivity index (χ1v) is 19.2. The van der Waals surface area contributed by atoms with Gasteiger partial charge in [0.2, 0.25) is 0 Å². The Bertz CT molecular complexity index is 2110. The van der Waals surface area contributed by atoms with Crippen LogP contribution in [0.3, 0.4) is 0 Å². The van der Waals surface area contributed by atoms with Crippen molar-refractivity contribution in [2.45, 2.75) is 64.2 Å². The quantitative estimate of drug-likeness (QED) is 0.115. The second kappa shape index (κ2) is 18.9. The maximum atomic E-state index is 12.0. The molecule has 0 aliphatic heterocycles. The minimum absolute atomic E-state index is 0. The number of carbonyl (C=O) groups is 2. The van der Waals surface area contributed by atoms with Crippen LogP contribution in [0.15, 0.2) is 181 Å². The number of Topliss-reactive ketones (excluding diaryl/α,β-unsaturated/α-hetero) is 2. The van der Waals surface area contributed by atoms with Crippen molar-refractivity contribution in [1.82, 2.24) is 0 Å². The van der Waals surface area contributed by atoms with Gasteiger partial charge < -0.3 is 0 Å². The molecule has 6 aromatic rings. The number of hydrogen-bond donors (Lipinski definition) is 0. The fraction of sp³-hybridized carbons (Fsp3) is 0.192. The molecule has 2 aliphatic rings. The predicted octanol–water partition coefficient (Wildman–Crippen LogP) is 12.0. The van der Waals surface area contributed by atoms with E-state index in [1.54, 1.807) is 13.8 Å². The number of allylic oxidation sites excluding steroid dienone is 4. The molecule has 0 saturated carbocycles. The molecule has 0 bridgehead atoms. The van der Waals surface area contributed by atoms with Crippen molar-refractivity contribution in [2.24, 2.45) is 0 Å². The minimum atomic E-state index is 0. The van der Waals surface area contributed by atoms with Crippen LogP contribution >= 0.6 is 0 Å². The van der Waals surface area contributed by atoms with E-state index in [0.29, 0.717) is 12.8 Å². The van der Waals surface area contributed by atoms with E-state index in [-0.39, 0.29) is 43.8 Å². The van der Waals surface area contributed by atoms with Gasteiger partial charge >= 0.3 is 0 Å². The van der Waals surface area contributed by atoms with Crippen molar-refractivity contribution in [3.05, 3.63) is 226 Å². The number of benzene rings is 6. The van der Waals surface area contributed by atoms with Crippen LogP contribution in [-0.4, -0.2) is 11.6 Å².